The molecule has 2 N–H and O–H groups in total. The summed E-state index contributed by atoms with van der Waals surface area (Å²) in [6.45, 7) is 2.63. The van der Waals surface area contributed by atoms with Gasteiger partial charge in [0.05, 0.1) is 11.7 Å². The minimum atomic E-state index is -1.61. The summed E-state index contributed by atoms with van der Waals surface area (Å²) in [4.78, 5) is 32.4. The fourth-order valence-electron chi connectivity index (χ4n) is 4.98. The van der Waals surface area contributed by atoms with Gasteiger partial charge in [0.25, 0.3) is 0 Å². The lowest BCUT2D eigenvalue weighted by atomic mass is 9.68. The monoisotopic (exact) mass is 528 g/mol. The maximum atomic E-state index is 14.5. The zero-order valence-electron chi connectivity index (χ0n) is 20.8. The summed E-state index contributed by atoms with van der Waals surface area (Å²) in [7, 11) is 0. The van der Waals surface area contributed by atoms with Crippen LogP contribution in [-0.4, -0.2) is 50.2 Å². The molecule has 0 unspecified atom stereocenters. The number of aromatic nitrogens is 2. The van der Waals surface area contributed by atoms with Gasteiger partial charge in [-0.15, -0.1) is 0 Å². The molecule has 4 atom stereocenters. The zero-order valence-corrected chi connectivity index (χ0v) is 20.8. The van der Waals surface area contributed by atoms with Gasteiger partial charge in [0, 0.05) is 25.7 Å². The molecule has 0 bridgehead atoms. The van der Waals surface area contributed by atoms with Gasteiger partial charge < -0.3 is 14.9 Å². The van der Waals surface area contributed by atoms with Crippen molar-refractivity contribution in [1.82, 2.24) is 9.97 Å². The second kappa shape index (κ2) is 11.0. The molecule has 200 valence electrons. The highest BCUT2D eigenvalue weighted by Gasteiger charge is 2.48. The van der Waals surface area contributed by atoms with Crippen molar-refractivity contribution in [3.63, 3.8) is 0 Å². The normalized spacial score (nSPS) is 23.2. The first-order chi connectivity index (χ1) is 18.0. The molecule has 7 nitrogen and oxygen atoms in total. The van der Waals surface area contributed by atoms with Gasteiger partial charge in [-0.05, 0) is 66.1 Å². The van der Waals surface area contributed by atoms with Crippen LogP contribution in [0.25, 0.3) is 11.3 Å². The van der Waals surface area contributed by atoms with E-state index >= 15 is 0 Å². The fraction of sp³-hybridized carbons (Fsp3) is 0.357. The number of carbonyl (C=O) groups excluding carboxylic acids is 2. The Kier molecular flexibility index (Phi) is 7.94. The summed E-state index contributed by atoms with van der Waals surface area (Å²) in [5.74, 6) is -4.75. The first-order valence-electron chi connectivity index (χ1n) is 12.1. The number of aliphatic hydroxyl groups excluding tert-OH is 1. The number of halogens is 3. The van der Waals surface area contributed by atoms with Crippen LogP contribution >= 0.6 is 0 Å². The third-order valence-electron chi connectivity index (χ3n) is 7.15. The quantitative estimate of drug-likeness (QED) is 0.350. The third kappa shape index (κ3) is 5.46. The van der Waals surface area contributed by atoms with E-state index < -0.39 is 58.1 Å². The summed E-state index contributed by atoms with van der Waals surface area (Å²) < 4.78 is 47.9. The Balaban J connectivity index is 1.58. The standard InChI is InChI=1S/C28H27F3N2O5/c1-15-10-17(12-25(36)28(15,37)14-38-16(2)34)19-8-9-32-13-18(19)11-24(35)23-7-6-22(31)27(33-23)26-20(29)4-3-5-21(26)30/h3-9,13,15,17,25,36-37H,10-12,14H2,1-2H3/t15-,17+,25+,28+/m1/s1. The van der Waals surface area contributed by atoms with Crippen molar-refractivity contribution in [2.45, 2.75) is 50.7 Å². The van der Waals surface area contributed by atoms with Crippen molar-refractivity contribution in [1.29, 1.82) is 0 Å². The molecule has 0 radical (unpaired) electrons. The van der Waals surface area contributed by atoms with E-state index in [4.69, 9.17) is 4.74 Å². The first-order valence-corrected chi connectivity index (χ1v) is 12.1. The average Bonchev–Trinajstić information content (AvgIpc) is 2.87. The van der Waals surface area contributed by atoms with Crippen LogP contribution in [0.4, 0.5) is 13.2 Å². The highest BCUT2D eigenvalue weighted by atomic mass is 19.1. The molecule has 10 heteroatoms. The van der Waals surface area contributed by atoms with Crippen LogP contribution in [0, 0.1) is 23.4 Å². The van der Waals surface area contributed by atoms with E-state index in [-0.39, 0.29) is 31.1 Å². The molecule has 1 aromatic carbocycles. The van der Waals surface area contributed by atoms with Gasteiger partial charge in [0.1, 0.15) is 41.0 Å². The van der Waals surface area contributed by atoms with E-state index in [9.17, 15) is 33.0 Å². The lowest BCUT2D eigenvalue weighted by Crippen LogP contribution is -2.55. The van der Waals surface area contributed by atoms with Gasteiger partial charge >= 0.3 is 5.97 Å². The Bertz CT molecular complexity index is 1330. The van der Waals surface area contributed by atoms with Gasteiger partial charge in [-0.2, -0.15) is 0 Å². The van der Waals surface area contributed by atoms with E-state index in [1.54, 1.807) is 19.2 Å². The number of aliphatic hydroxyl groups is 2. The molecule has 1 saturated carbocycles. The van der Waals surface area contributed by atoms with Crippen LogP contribution in [-0.2, 0) is 16.0 Å². The number of nitrogens with zero attached hydrogens (tertiary/aromatic N) is 2. The first kappa shape index (κ1) is 27.4. The number of rotatable bonds is 7. The molecule has 2 aromatic heterocycles. The van der Waals surface area contributed by atoms with Crippen molar-refractivity contribution in [3.8, 4) is 11.3 Å². The number of hydrogen-bond acceptors (Lipinski definition) is 7. The van der Waals surface area contributed by atoms with Gasteiger partial charge in [0.2, 0.25) is 0 Å². The second-order valence-electron chi connectivity index (χ2n) is 9.65. The predicted molar refractivity (Wildman–Crippen MR) is 131 cm³/mol. The zero-order chi connectivity index (χ0) is 27.6. The summed E-state index contributed by atoms with van der Waals surface area (Å²) in [5, 5.41) is 21.8. The van der Waals surface area contributed by atoms with E-state index in [1.165, 1.54) is 13.1 Å². The summed E-state index contributed by atoms with van der Waals surface area (Å²) >= 11 is 0. The Morgan fingerprint density at radius 2 is 1.79 bits per heavy atom. The number of esters is 1. The van der Waals surface area contributed by atoms with Crippen LogP contribution in [0.3, 0.4) is 0 Å². The molecule has 4 rings (SSSR count). The number of ketones is 1. The van der Waals surface area contributed by atoms with E-state index in [1.807, 2.05) is 0 Å². The average molecular weight is 529 g/mol. The summed E-state index contributed by atoms with van der Waals surface area (Å²) in [6.07, 6.45) is 2.27. The lowest BCUT2D eigenvalue weighted by Gasteiger charge is -2.45. The molecule has 0 aliphatic heterocycles. The number of carbonyl (C=O) groups is 2. The molecular weight excluding hydrogens is 501 g/mol. The van der Waals surface area contributed by atoms with E-state index in [0.717, 1.165) is 35.9 Å². The highest BCUT2D eigenvalue weighted by molar-refractivity contribution is 5.96. The molecule has 38 heavy (non-hydrogen) atoms. The predicted octanol–water partition coefficient (Wildman–Crippen LogP) is 4.15. The van der Waals surface area contributed by atoms with Crippen molar-refractivity contribution in [2.75, 3.05) is 6.61 Å². The number of pyridine rings is 2. The van der Waals surface area contributed by atoms with Crippen molar-refractivity contribution in [3.05, 3.63) is 83.1 Å². The SMILES string of the molecule is CC(=O)OC[C@]1(O)[C@H](C)C[C@H](c2ccncc2CC(=O)c2ccc(F)c(-c3c(F)cccc3F)n2)C[C@@H]1O. The maximum Gasteiger partial charge on any atom is 0.302 e. The summed E-state index contributed by atoms with van der Waals surface area (Å²) in [5.41, 5.74) is -1.77. The molecule has 3 aromatic rings. The fourth-order valence-corrected chi connectivity index (χ4v) is 4.98. The van der Waals surface area contributed by atoms with Crippen LogP contribution in [0.15, 0.2) is 48.8 Å². The largest absolute Gasteiger partial charge is 0.463 e. The number of hydrogen-bond donors (Lipinski definition) is 2. The van der Waals surface area contributed by atoms with E-state index in [0.29, 0.717) is 12.0 Å². The molecular formula is C28H27F3N2O5. The van der Waals surface area contributed by atoms with Crippen LogP contribution in [0.5, 0.6) is 0 Å². The number of ether oxygens (including phenoxy) is 1. The van der Waals surface area contributed by atoms with Crippen LogP contribution in [0.1, 0.15) is 54.2 Å². The lowest BCUT2D eigenvalue weighted by molar-refractivity contribution is -0.180. The molecule has 0 spiro atoms. The number of Topliss-reactive ketones (excluding diaryl/α,β-unsaturated/α-hetero) is 1. The van der Waals surface area contributed by atoms with Crippen molar-refractivity contribution < 1.29 is 37.7 Å². The molecule has 0 saturated heterocycles. The topological polar surface area (TPSA) is 110 Å². The van der Waals surface area contributed by atoms with Crippen molar-refractivity contribution in [2.24, 2.45) is 5.92 Å². The van der Waals surface area contributed by atoms with Gasteiger partial charge in [-0.3, -0.25) is 14.6 Å². The Morgan fingerprint density at radius 1 is 1.08 bits per heavy atom. The Morgan fingerprint density at radius 3 is 2.45 bits per heavy atom. The maximum absolute atomic E-state index is 14.5. The van der Waals surface area contributed by atoms with Gasteiger partial charge in [-0.1, -0.05) is 13.0 Å². The van der Waals surface area contributed by atoms with Crippen molar-refractivity contribution >= 4 is 11.8 Å². The minimum absolute atomic E-state index is 0.152. The molecule has 0 amide bonds. The highest BCUT2D eigenvalue weighted by Crippen LogP contribution is 2.43. The summed E-state index contributed by atoms with van der Waals surface area (Å²) in [6, 6.07) is 6.91. The Hall–Kier alpha value is -3.63. The van der Waals surface area contributed by atoms with E-state index in [2.05, 4.69) is 9.97 Å². The molecule has 1 aliphatic rings. The van der Waals surface area contributed by atoms with Crippen LogP contribution < -0.4 is 0 Å². The second-order valence-corrected chi connectivity index (χ2v) is 9.65. The van der Waals surface area contributed by atoms with Crippen LogP contribution in [0.2, 0.25) is 0 Å². The van der Waals surface area contributed by atoms with Gasteiger partial charge in [0.15, 0.2) is 5.78 Å². The Labute approximate surface area is 217 Å². The minimum Gasteiger partial charge on any atom is -0.463 e. The molecule has 2 heterocycles. The number of benzene rings is 1. The molecule has 1 fully saturated rings. The van der Waals surface area contributed by atoms with Gasteiger partial charge in [-0.25, -0.2) is 18.2 Å². The third-order valence-corrected chi connectivity index (χ3v) is 7.15. The smallest absolute Gasteiger partial charge is 0.302 e. The molecule has 1 aliphatic carbocycles.